The minimum Gasteiger partial charge on any atom is -0.497 e. The number of halogens is 1. The molecule has 0 bridgehead atoms. The maximum atomic E-state index is 14.4. The molecule has 0 spiro atoms. The number of amides is 2. The summed E-state index contributed by atoms with van der Waals surface area (Å²) in [7, 11) is 1.49. The molecular weight excluding hydrogens is 566 g/mol. The summed E-state index contributed by atoms with van der Waals surface area (Å²) in [5, 5.41) is 11.7. The molecule has 5 rings (SSSR count). The SMILES string of the molecule is COc1cccc(C2C(C(=O)c3ccc(Cl)s3)C(c3cccc([N+](=O)[O-])c3)N(C(=O)c3ccccc3)C2C(N)=O)c1. The third-order valence-corrected chi connectivity index (χ3v) is 8.48. The highest BCUT2D eigenvalue weighted by atomic mass is 35.5. The number of nitro benzene ring substituents is 1. The van der Waals surface area contributed by atoms with E-state index in [4.69, 9.17) is 22.1 Å². The van der Waals surface area contributed by atoms with Gasteiger partial charge >= 0.3 is 0 Å². The number of thiophene rings is 1. The largest absolute Gasteiger partial charge is 0.497 e. The zero-order valence-electron chi connectivity index (χ0n) is 21.7. The summed E-state index contributed by atoms with van der Waals surface area (Å²) in [4.78, 5) is 54.7. The lowest BCUT2D eigenvalue weighted by atomic mass is 9.77. The molecule has 0 aliphatic carbocycles. The van der Waals surface area contributed by atoms with Gasteiger partial charge in [0.05, 0.1) is 33.2 Å². The van der Waals surface area contributed by atoms with Gasteiger partial charge in [-0.05, 0) is 47.5 Å². The average molecular weight is 590 g/mol. The van der Waals surface area contributed by atoms with Gasteiger partial charge in [0.1, 0.15) is 11.8 Å². The summed E-state index contributed by atoms with van der Waals surface area (Å²) in [5.74, 6) is -3.22. The van der Waals surface area contributed by atoms with Crippen molar-refractivity contribution in [2.24, 2.45) is 11.7 Å². The fourth-order valence-corrected chi connectivity index (χ4v) is 6.59. The Bertz CT molecular complexity index is 1640. The fraction of sp³-hybridized carbons (Fsp3) is 0.167. The summed E-state index contributed by atoms with van der Waals surface area (Å²) in [5.41, 5.74) is 6.94. The smallest absolute Gasteiger partial charge is 0.269 e. The van der Waals surface area contributed by atoms with Crippen molar-refractivity contribution in [1.29, 1.82) is 0 Å². The molecule has 11 heteroatoms. The van der Waals surface area contributed by atoms with Crippen LogP contribution in [0.3, 0.4) is 0 Å². The summed E-state index contributed by atoms with van der Waals surface area (Å²) < 4.78 is 5.81. The van der Waals surface area contributed by atoms with E-state index in [9.17, 15) is 24.5 Å². The maximum Gasteiger partial charge on any atom is 0.269 e. The Hall–Kier alpha value is -4.54. The number of ketones is 1. The number of likely N-dealkylation sites (tertiary alicyclic amines) is 1. The van der Waals surface area contributed by atoms with Crippen LogP contribution in [0.15, 0.2) is 91.0 Å². The highest BCUT2D eigenvalue weighted by Gasteiger charge is 2.57. The minimum atomic E-state index is -1.27. The monoisotopic (exact) mass is 589 g/mol. The second-order valence-electron chi connectivity index (χ2n) is 9.52. The molecule has 2 heterocycles. The number of carbonyl (C=O) groups is 3. The number of carbonyl (C=O) groups excluding carboxylic acids is 3. The van der Waals surface area contributed by atoms with E-state index in [1.165, 1.54) is 30.2 Å². The van der Waals surface area contributed by atoms with Crippen molar-refractivity contribution in [2.45, 2.75) is 18.0 Å². The van der Waals surface area contributed by atoms with E-state index in [-0.39, 0.29) is 17.0 Å². The summed E-state index contributed by atoms with van der Waals surface area (Å²) in [6.07, 6.45) is 0. The molecule has 1 aliphatic heterocycles. The molecule has 1 aromatic heterocycles. The van der Waals surface area contributed by atoms with Crippen LogP contribution in [0.1, 0.15) is 43.1 Å². The second kappa shape index (κ2) is 11.5. The van der Waals surface area contributed by atoms with Gasteiger partial charge in [-0.25, -0.2) is 0 Å². The number of primary amides is 1. The zero-order valence-corrected chi connectivity index (χ0v) is 23.2. The summed E-state index contributed by atoms with van der Waals surface area (Å²) in [6.45, 7) is 0. The number of hydrogen-bond donors (Lipinski definition) is 1. The third-order valence-electron chi connectivity index (χ3n) is 7.23. The second-order valence-corrected chi connectivity index (χ2v) is 11.2. The first-order valence-corrected chi connectivity index (χ1v) is 13.8. The number of hydrogen-bond acceptors (Lipinski definition) is 7. The number of non-ortho nitro benzene ring substituents is 1. The number of nitrogens with two attached hydrogens (primary N) is 1. The van der Waals surface area contributed by atoms with Crippen LogP contribution in [0.25, 0.3) is 0 Å². The molecule has 2 amide bonds. The number of ether oxygens (including phenoxy) is 1. The predicted octanol–water partition coefficient (Wildman–Crippen LogP) is 5.65. The molecule has 0 saturated carbocycles. The van der Waals surface area contributed by atoms with Gasteiger partial charge in [0.2, 0.25) is 5.91 Å². The van der Waals surface area contributed by atoms with Gasteiger partial charge in [0, 0.05) is 23.6 Å². The molecule has 208 valence electrons. The first-order chi connectivity index (χ1) is 19.7. The lowest BCUT2D eigenvalue weighted by molar-refractivity contribution is -0.385. The molecule has 1 aliphatic rings. The van der Waals surface area contributed by atoms with E-state index in [0.717, 1.165) is 11.3 Å². The minimum absolute atomic E-state index is 0.222. The van der Waals surface area contributed by atoms with Gasteiger partial charge in [-0.3, -0.25) is 24.5 Å². The molecule has 1 saturated heterocycles. The lowest BCUT2D eigenvalue weighted by Gasteiger charge is -2.30. The fourth-order valence-electron chi connectivity index (χ4n) is 5.55. The van der Waals surface area contributed by atoms with Crippen LogP contribution >= 0.6 is 22.9 Å². The Morgan fingerprint density at radius 2 is 1.66 bits per heavy atom. The van der Waals surface area contributed by atoms with Crippen LogP contribution in [-0.2, 0) is 4.79 Å². The van der Waals surface area contributed by atoms with Crippen LogP contribution in [0.4, 0.5) is 5.69 Å². The van der Waals surface area contributed by atoms with Crippen molar-refractivity contribution in [3.63, 3.8) is 0 Å². The van der Waals surface area contributed by atoms with Crippen molar-refractivity contribution in [1.82, 2.24) is 4.90 Å². The quantitative estimate of drug-likeness (QED) is 0.160. The predicted molar refractivity (Wildman–Crippen MR) is 154 cm³/mol. The van der Waals surface area contributed by atoms with Crippen molar-refractivity contribution in [2.75, 3.05) is 7.11 Å². The third kappa shape index (κ3) is 5.31. The molecule has 41 heavy (non-hydrogen) atoms. The van der Waals surface area contributed by atoms with Gasteiger partial charge in [-0.15, -0.1) is 11.3 Å². The zero-order chi connectivity index (χ0) is 29.3. The van der Waals surface area contributed by atoms with E-state index in [1.54, 1.807) is 72.8 Å². The first-order valence-electron chi connectivity index (χ1n) is 12.6. The Morgan fingerprint density at radius 3 is 2.29 bits per heavy atom. The standard InChI is InChI=1S/C30H24ClN3O6S/c1-40-21-12-6-9-18(16-21)24-25(28(35)22-13-14-23(31)41-22)26(19-10-5-11-20(15-19)34(38)39)33(27(24)29(32)36)30(37)17-7-3-2-4-8-17/h2-16,24-27H,1H3,(H2,32,36). The van der Waals surface area contributed by atoms with E-state index < -0.39 is 40.7 Å². The van der Waals surface area contributed by atoms with Gasteiger partial charge in [-0.1, -0.05) is 54.1 Å². The first kappa shape index (κ1) is 28.0. The number of nitrogens with zero attached hydrogens (tertiary/aromatic N) is 2. The van der Waals surface area contributed by atoms with Gasteiger partial charge < -0.3 is 15.4 Å². The van der Waals surface area contributed by atoms with Crippen molar-refractivity contribution < 1.29 is 24.0 Å². The Balaban J connectivity index is 1.81. The average Bonchev–Trinajstić information content (AvgIpc) is 3.59. The van der Waals surface area contributed by atoms with Crippen molar-refractivity contribution in [3.05, 3.63) is 127 Å². The Labute approximate surface area is 244 Å². The van der Waals surface area contributed by atoms with E-state index in [0.29, 0.717) is 26.1 Å². The maximum absolute atomic E-state index is 14.4. The Kier molecular flexibility index (Phi) is 7.87. The van der Waals surface area contributed by atoms with Crippen LogP contribution in [-0.4, -0.2) is 40.6 Å². The van der Waals surface area contributed by atoms with Crippen molar-refractivity contribution in [3.8, 4) is 5.75 Å². The number of Topliss-reactive ketones (excluding diaryl/α,β-unsaturated/α-hetero) is 1. The normalized spacial score (nSPS) is 20.0. The van der Waals surface area contributed by atoms with Gasteiger partial charge in [0.15, 0.2) is 5.78 Å². The Morgan fingerprint density at radius 1 is 0.951 bits per heavy atom. The number of nitro groups is 1. The van der Waals surface area contributed by atoms with Crippen molar-refractivity contribution >= 4 is 46.2 Å². The van der Waals surface area contributed by atoms with Crippen LogP contribution in [0.5, 0.6) is 5.75 Å². The van der Waals surface area contributed by atoms with Crippen LogP contribution < -0.4 is 10.5 Å². The molecule has 4 unspecified atom stereocenters. The highest BCUT2D eigenvalue weighted by molar-refractivity contribution is 7.18. The topological polar surface area (TPSA) is 133 Å². The van der Waals surface area contributed by atoms with Crippen LogP contribution in [0.2, 0.25) is 4.34 Å². The molecular formula is C30H24ClN3O6S. The number of rotatable bonds is 8. The van der Waals surface area contributed by atoms with E-state index >= 15 is 0 Å². The van der Waals surface area contributed by atoms with Gasteiger partial charge in [-0.2, -0.15) is 0 Å². The summed E-state index contributed by atoms with van der Waals surface area (Å²) in [6, 6.07) is 21.8. The molecule has 4 aromatic rings. The highest BCUT2D eigenvalue weighted by Crippen LogP contribution is 2.52. The molecule has 0 radical (unpaired) electrons. The van der Waals surface area contributed by atoms with Crippen LogP contribution in [0, 0.1) is 16.0 Å². The molecule has 1 fully saturated rings. The number of methoxy groups -OCH3 is 1. The molecule has 2 N–H and O–H groups in total. The molecule has 4 atom stereocenters. The van der Waals surface area contributed by atoms with E-state index in [2.05, 4.69) is 0 Å². The van der Waals surface area contributed by atoms with Gasteiger partial charge in [0.25, 0.3) is 11.6 Å². The molecule has 9 nitrogen and oxygen atoms in total. The summed E-state index contributed by atoms with van der Waals surface area (Å²) >= 11 is 7.26. The van der Waals surface area contributed by atoms with E-state index in [1.807, 2.05) is 0 Å². The lowest BCUT2D eigenvalue weighted by Crippen LogP contribution is -2.46. The molecule has 3 aromatic carbocycles. The number of benzene rings is 3.